The monoisotopic (exact) mass is 267 g/mol. The smallest absolute Gasteiger partial charge is 0.236 e. The van der Waals surface area contributed by atoms with Crippen LogP contribution in [0.3, 0.4) is 0 Å². The van der Waals surface area contributed by atoms with E-state index in [4.69, 9.17) is 4.84 Å². The molecule has 2 N–H and O–H groups in total. The van der Waals surface area contributed by atoms with Crippen LogP contribution in [0.15, 0.2) is 30.3 Å². The predicted molar refractivity (Wildman–Crippen MR) is 62.6 cm³/mol. The largest absolute Gasteiger partial charge is 0.466 e. The summed E-state index contributed by atoms with van der Waals surface area (Å²) in [5, 5.41) is 13.7. The Morgan fingerprint density at radius 3 is 2.74 bits per heavy atom. The molecule has 0 saturated carbocycles. The van der Waals surface area contributed by atoms with Crippen LogP contribution in [0.25, 0.3) is 0 Å². The van der Waals surface area contributed by atoms with Crippen molar-refractivity contribution in [3.05, 3.63) is 40.4 Å². The van der Waals surface area contributed by atoms with Gasteiger partial charge in [0.05, 0.1) is 12.8 Å². The number of rotatable bonds is 3. The van der Waals surface area contributed by atoms with Crippen LogP contribution in [0.1, 0.15) is 0 Å². The number of nitrogens with zero attached hydrogens (tertiary/aromatic N) is 4. The van der Waals surface area contributed by atoms with Crippen LogP contribution >= 0.6 is 0 Å². The number of para-hydroxylation sites is 1. The van der Waals surface area contributed by atoms with Crippen molar-refractivity contribution in [3.63, 3.8) is 0 Å². The molecule has 10 heteroatoms. The van der Waals surface area contributed by atoms with Gasteiger partial charge in [-0.05, 0) is 17.4 Å². The lowest BCUT2D eigenvalue weighted by Gasteiger charge is -2.11. The number of carbonyl (C=O) groups is 1. The molecule has 2 rings (SSSR count). The van der Waals surface area contributed by atoms with Crippen LogP contribution < -0.4 is 10.9 Å². The highest BCUT2D eigenvalue weighted by Crippen LogP contribution is 2.07. The number of amides is 2. The Kier molecular flexibility index (Phi) is 3.54. The summed E-state index contributed by atoms with van der Waals surface area (Å²) in [4.78, 5) is 27.3. The molecule has 1 heterocycles. The number of anilines is 1. The zero-order valence-corrected chi connectivity index (χ0v) is 9.89. The molecule has 0 bridgehead atoms. The fraction of sp³-hybridized carbons (Fsp3) is 0.111. The highest BCUT2D eigenvalue weighted by molar-refractivity contribution is 5.84. The molecule has 1 aliphatic rings. The van der Waals surface area contributed by atoms with Crippen molar-refractivity contribution in [2.24, 2.45) is 0 Å². The fourth-order valence-electron chi connectivity index (χ4n) is 1.36. The third kappa shape index (κ3) is 2.75. The predicted octanol–water partition coefficient (Wildman–Crippen LogP) is -0.0354. The highest BCUT2D eigenvalue weighted by atomic mass is 16.8. The van der Waals surface area contributed by atoms with Crippen LogP contribution in [-0.2, 0) is 4.84 Å². The lowest BCUT2D eigenvalue weighted by Crippen LogP contribution is -2.47. The second-order valence-electron chi connectivity index (χ2n) is 3.39. The van der Waals surface area contributed by atoms with Crippen molar-refractivity contribution >= 4 is 18.1 Å². The van der Waals surface area contributed by atoms with Crippen LogP contribution in [-0.4, -0.2) is 39.6 Å². The Balaban J connectivity index is 2.13. The number of hydrazone groups is 1. The van der Waals surface area contributed by atoms with Gasteiger partial charge in [-0.1, -0.05) is 22.9 Å². The van der Waals surface area contributed by atoms with Crippen molar-refractivity contribution in [1.82, 2.24) is 15.9 Å². The Morgan fingerprint density at radius 1 is 1.47 bits per heavy atom. The SMILES string of the molecule is CON1NN([N+](=O)[O-])C=[N+]1C(=O)Nc1ccccc1. The number of urea groups is 1. The van der Waals surface area contributed by atoms with Gasteiger partial charge in [0.1, 0.15) is 5.12 Å². The van der Waals surface area contributed by atoms with Crippen molar-refractivity contribution in [3.8, 4) is 0 Å². The Labute approximate surface area is 107 Å². The first kappa shape index (κ1) is 12.7. The molecule has 0 unspecified atom stereocenters. The van der Waals surface area contributed by atoms with E-state index in [1.165, 1.54) is 7.11 Å². The zero-order valence-electron chi connectivity index (χ0n) is 9.89. The molecule has 1 aromatic carbocycles. The maximum atomic E-state index is 11.9. The van der Waals surface area contributed by atoms with Crippen molar-refractivity contribution in [2.45, 2.75) is 0 Å². The number of hydrogen-bond acceptors (Lipinski definition) is 6. The maximum Gasteiger partial charge on any atom is 0.466 e. The van der Waals surface area contributed by atoms with Gasteiger partial charge >= 0.3 is 12.4 Å². The summed E-state index contributed by atoms with van der Waals surface area (Å²) in [7, 11) is 1.26. The van der Waals surface area contributed by atoms with Crippen LogP contribution in [0, 0.1) is 10.1 Å². The number of nitrogens with one attached hydrogen (secondary N) is 2. The lowest BCUT2D eigenvalue weighted by molar-refractivity contribution is -0.711. The number of benzene rings is 1. The normalized spacial score (nSPS) is 14.3. The van der Waals surface area contributed by atoms with E-state index >= 15 is 0 Å². The third-order valence-corrected chi connectivity index (χ3v) is 2.18. The lowest BCUT2D eigenvalue weighted by atomic mass is 10.3. The molecule has 0 fully saturated rings. The molecule has 2 amide bonds. The zero-order chi connectivity index (χ0) is 13.8. The molecule has 1 aromatic rings. The van der Waals surface area contributed by atoms with Gasteiger partial charge in [-0.3, -0.25) is 0 Å². The Morgan fingerprint density at radius 2 is 2.16 bits per heavy atom. The van der Waals surface area contributed by atoms with Gasteiger partial charge < -0.3 is 0 Å². The van der Waals surface area contributed by atoms with Gasteiger partial charge in [-0.25, -0.2) is 25.1 Å². The Bertz CT molecular complexity index is 519. The highest BCUT2D eigenvalue weighted by Gasteiger charge is 2.38. The fourth-order valence-corrected chi connectivity index (χ4v) is 1.36. The van der Waals surface area contributed by atoms with E-state index in [1.54, 1.807) is 30.3 Å². The minimum atomic E-state index is -0.748. The van der Waals surface area contributed by atoms with Crippen LogP contribution in [0.2, 0.25) is 0 Å². The van der Waals surface area contributed by atoms with Gasteiger partial charge in [0.15, 0.2) is 0 Å². The quantitative estimate of drug-likeness (QED) is 0.450. The van der Waals surface area contributed by atoms with Crippen LogP contribution in [0.5, 0.6) is 0 Å². The number of hydrogen-bond donors (Lipinski definition) is 2. The van der Waals surface area contributed by atoms with E-state index in [1.807, 2.05) is 0 Å². The van der Waals surface area contributed by atoms with Crippen molar-refractivity contribution in [2.75, 3.05) is 12.4 Å². The van der Waals surface area contributed by atoms with E-state index in [2.05, 4.69) is 10.9 Å². The second kappa shape index (κ2) is 5.29. The van der Waals surface area contributed by atoms with Gasteiger partial charge in [-0.15, -0.1) is 0 Å². The molecule has 0 aliphatic carbocycles. The minimum Gasteiger partial charge on any atom is -0.236 e. The average molecular weight is 267 g/mol. The van der Waals surface area contributed by atoms with Crippen molar-refractivity contribution in [1.29, 1.82) is 0 Å². The van der Waals surface area contributed by atoms with Crippen molar-refractivity contribution < 1.29 is 19.3 Å². The summed E-state index contributed by atoms with van der Waals surface area (Å²) in [6.07, 6.45) is 0.932. The van der Waals surface area contributed by atoms with E-state index in [0.29, 0.717) is 10.8 Å². The van der Waals surface area contributed by atoms with Gasteiger partial charge in [0.2, 0.25) is 5.03 Å². The van der Waals surface area contributed by atoms with E-state index in [-0.39, 0.29) is 0 Å². The number of nitro groups is 1. The first-order valence-electron chi connectivity index (χ1n) is 5.16. The summed E-state index contributed by atoms with van der Waals surface area (Å²) in [5.41, 5.74) is 2.76. The van der Waals surface area contributed by atoms with E-state index in [9.17, 15) is 14.9 Å². The number of hydrazine groups is 4. The van der Waals surface area contributed by atoms with E-state index in [0.717, 1.165) is 16.3 Å². The molecule has 1 aliphatic heterocycles. The molecule has 0 spiro atoms. The minimum absolute atomic E-state index is 0.480. The van der Waals surface area contributed by atoms with Crippen LogP contribution in [0.4, 0.5) is 10.5 Å². The second-order valence-corrected chi connectivity index (χ2v) is 3.39. The molecule has 0 radical (unpaired) electrons. The average Bonchev–Trinajstić information content (AvgIpc) is 2.84. The Hall–Kier alpha value is -2.72. The first-order valence-corrected chi connectivity index (χ1v) is 5.16. The van der Waals surface area contributed by atoms with Gasteiger partial charge in [-0.2, -0.15) is 0 Å². The molecule has 19 heavy (non-hydrogen) atoms. The third-order valence-electron chi connectivity index (χ3n) is 2.18. The molecule has 100 valence electrons. The summed E-state index contributed by atoms with van der Waals surface area (Å²) in [5.74, 6) is 0. The summed E-state index contributed by atoms with van der Waals surface area (Å²) in [6, 6.07) is 8.05. The topological polar surface area (TPSA) is 103 Å². The molecule has 0 saturated heterocycles. The molecular formula is C9H11N6O4+. The molecule has 0 aromatic heterocycles. The van der Waals surface area contributed by atoms with Gasteiger partial charge in [0, 0.05) is 5.53 Å². The standard InChI is InChI=1S/C9H10N6O4/c1-19-14-11-13(15(17)18)7-12(14)9(16)10-8-5-3-2-4-6-8/h2-7,11H,1H3/p+1. The maximum absolute atomic E-state index is 11.9. The van der Waals surface area contributed by atoms with E-state index < -0.39 is 11.1 Å². The summed E-state index contributed by atoms with van der Waals surface area (Å²) < 4.78 is 0.871. The molecule has 0 atom stereocenters. The van der Waals surface area contributed by atoms with Gasteiger partial charge in [0.25, 0.3) is 0 Å². The summed E-state index contributed by atoms with van der Waals surface area (Å²) in [6.45, 7) is 0. The number of carbonyl (C=O) groups excluding carboxylic acids is 1. The first-order chi connectivity index (χ1) is 9.11. The summed E-state index contributed by atoms with van der Waals surface area (Å²) >= 11 is 0. The molecule has 10 nitrogen and oxygen atoms in total. The molecular weight excluding hydrogens is 256 g/mol.